The van der Waals surface area contributed by atoms with Crippen LogP contribution in [0.3, 0.4) is 0 Å². The van der Waals surface area contributed by atoms with E-state index in [1.54, 1.807) is 13.0 Å². The molecule has 0 radical (unpaired) electrons. The summed E-state index contributed by atoms with van der Waals surface area (Å²) in [5.74, 6) is -0.490. The van der Waals surface area contributed by atoms with Crippen molar-refractivity contribution in [2.75, 3.05) is 0 Å². The lowest BCUT2D eigenvalue weighted by atomic mass is 10.1. The Kier molecular flexibility index (Phi) is 1.73. The molecule has 0 bridgehead atoms. The van der Waals surface area contributed by atoms with E-state index in [0.29, 0.717) is 11.1 Å². The van der Waals surface area contributed by atoms with Gasteiger partial charge >= 0.3 is 5.97 Å². The summed E-state index contributed by atoms with van der Waals surface area (Å²) in [6, 6.07) is 4.18. The van der Waals surface area contributed by atoms with Crippen LogP contribution in [0.2, 0.25) is 0 Å². The number of rotatable bonds is 1. The van der Waals surface area contributed by atoms with E-state index in [1.165, 1.54) is 12.1 Å². The van der Waals surface area contributed by atoms with Crippen LogP contribution in [0.15, 0.2) is 18.2 Å². The van der Waals surface area contributed by atoms with Gasteiger partial charge < -0.3 is 4.74 Å². The standard InChI is InChI=1S/C9H7NO4/c1-5-7-3-2-6(10(12)13)4-8(7)9(11)14-5/h2-5H,1H3/t5-/m0/s1. The number of carbonyl (C=O) groups is 1. The highest BCUT2D eigenvalue weighted by atomic mass is 16.6. The number of hydrogen-bond donors (Lipinski definition) is 0. The molecule has 72 valence electrons. The Morgan fingerprint density at radius 2 is 2.21 bits per heavy atom. The molecular formula is C9H7NO4. The molecule has 0 aliphatic carbocycles. The molecule has 0 N–H and O–H groups in total. The molecule has 2 rings (SSSR count). The van der Waals surface area contributed by atoms with Crippen molar-refractivity contribution < 1.29 is 14.5 Å². The minimum atomic E-state index is -0.531. The van der Waals surface area contributed by atoms with Crippen LogP contribution in [-0.4, -0.2) is 10.9 Å². The van der Waals surface area contributed by atoms with Gasteiger partial charge in [0.1, 0.15) is 6.10 Å². The molecule has 0 amide bonds. The van der Waals surface area contributed by atoms with E-state index < -0.39 is 10.9 Å². The summed E-state index contributed by atoms with van der Waals surface area (Å²) in [6.45, 7) is 1.73. The first-order chi connectivity index (χ1) is 6.59. The number of nitro groups is 1. The smallest absolute Gasteiger partial charge is 0.339 e. The van der Waals surface area contributed by atoms with Crippen molar-refractivity contribution >= 4 is 11.7 Å². The fourth-order valence-electron chi connectivity index (χ4n) is 1.48. The second kappa shape index (κ2) is 2.80. The lowest BCUT2D eigenvalue weighted by molar-refractivity contribution is -0.384. The Bertz CT molecular complexity index is 427. The fourth-order valence-corrected chi connectivity index (χ4v) is 1.48. The Morgan fingerprint density at radius 1 is 1.50 bits per heavy atom. The molecule has 1 aromatic carbocycles. The zero-order valence-corrected chi connectivity index (χ0v) is 7.39. The van der Waals surface area contributed by atoms with Crippen LogP contribution in [0.4, 0.5) is 5.69 Å². The molecule has 5 nitrogen and oxygen atoms in total. The molecule has 0 spiro atoms. The van der Waals surface area contributed by atoms with E-state index in [9.17, 15) is 14.9 Å². The Hall–Kier alpha value is -1.91. The Morgan fingerprint density at radius 3 is 2.86 bits per heavy atom. The number of fused-ring (bicyclic) bond motifs is 1. The van der Waals surface area contributed by atoms with Crippen LogP contribution in [0, 0.1) is 10.1 Å². The van der Waals surface area contributed by atoms with Gasteiger partial charge in [-0.1, -0.05) is 0 Å². The molecule has 1 aromatic rings. The molecule has 1 atom stereocenters. The summed E-state index contributed by atoms with van der Waals surface area (Å²) < 4.78 is 4.90. The maximum Gasteiger partial charge on any atom is 0.339 e. The number of nitrogens with zero attached hydrogens (tertiary/aromatic N) is 1. The van der Waals surface area contributed by atoms with E-state index in [4.69, 9.17) is 4.74 Å². The maximum absolute atomic E-state index is 11.2. The fraction of sp³-hybridized carbons (Fsp3) is 0.222. The molecule has 14 heavy (non-hydrogen) atoms. The third-order valence-electron chi connectivity index (χ3n) is 2.19. The number of carbonyl (C=O) groups excluding carboxylic acids is 1. The number of nitro benzene ring substituents is 1. The highest BCUT2D eigenvalue weighted by molar-refractivity contribution is 5.94. The first-order valence-electron chi connectivity index (χ1n) is 4.09. The zero-order valence-electron chi connectivity index (χ0n) is 7.39. The predicted molar refractivity (Wildman–Crippen MR) is 46.9 cm³/mol. The van der Waals surface area contributed by atoms with Crippen LogP contribution >= 0.6 is 0 Å². The summed E-state index contributed by atoms with van der Waals surface area (Å²) in [7, 11) is 0. The van der Waals surface area contributed by atoms with Gasteiger partial charge in [0.25, 0.3) is 5.69 Å². The van der Waals surface area contributed by atoms with Gasteiger partial charge in [-0.15, -0.1) is 0 Å². The Labute approximate surface area is 79.4 Å². The normalized spacial score (nSPS) is 18.9. The second-order valence-corrected chi connectivity index (χ2v) is 3.08. The van der Waals surface area contributed by atoms with Gasteiger partial charge in [-0.05, 0) is 13.0 Å². The third-order valence-corrected chi connectivity index (χ3v) is 2.19. The van der Waals surface area contributed by atoms with Crippen LogP contribution in [0.1, 0.15) is 28.9 Å². The van der Waals surface area contributed by atoms with Gasteiger partial charge in [0.15, 0.2) is 0 Å². The molecule has 0 saturated heterocycles. The number of benzene rings is 1. The minimum Gasteiger partial charge on any atom is -0.454 e. The molecule has 0 saturated carbocycles. The van der Waals surface area contributed by atoms with Crippen molar-refractivity contribution in [2.24, 2.45) is 0 Å². The number of hydrogen-bond acceptors (Lipinski definition) is 4. The lowest BCUT2D eigenvalue weighted by Crippen LogP contribution is -1.95. The van der Waals surface area contributed by atoms with Crippen LogP contribution in [-0.2, 0) is 4.74 Å². The zero-order chi connectivity index (χ0) is 10.3. The molecule has 1 aliphatic heterocycles. The third kappa shape index (κ3) is 1.14. The summed E-state index contributed by atoms with van der Waals surface area (Å²) >= 11 is 0. The average molecular weight is 193 g/mol. The van der Waals surface area contributed by atoms with Crippen molar-refractivity contribution in [3.63, 3.8) is 0 Å². The summed E-state index contributed by atoms with van der Waals surface area (Å²) in [4.78, 5) is 21.1. The van der Waals surface area contributed by atoms with E-state index in [1.807, 2.05) is 0 Å². The average Bonchev–Trinajstić information content (AvgIpc) is 2.42. The first-order valence-corrected chi connectivity index (χ1v) is 4.09. The Balaban J connectivity index is 2.55. The van der Waals surface area contributed by atoms with Crippen molar-refractivity contribution in [1.29, 1.82) is 0 Å². The monoisotopic (exact) mass is 193 g/mol. The number of esters is 1. The molecule has 5 heteroatoms. The van der Waals surface area contributed by atoms with E-state index in [2.05, 4.69) is 0 Å². The van der Waals surface area contributed by atoms with E-state index >= 15 is 0 Å². The van der Waals surface area contributed by atoms with Gasteiger partial charge in [0.2, 0.25) is 0 Å². The number of ether oxygens (including phenoxy) is 1. The first kappa shape index (κ1) is 8.68. The van der Waals surface area contributed by atoms with Gasteiger partial charge in [-0.2, -0.15) is 0 Å². The largest absolute Gasteiger partial charge is 0.454 e. The van der Waals surface area contributed by atoms with Crippen LogP contribution in [0.25, 0.3) is 0 Å². The highest BCUT2D eigenvalue weighted by Gasteiger charge is 2.29. The van der Waals surface area contributed by atoms with Crippen LogP contribution in [0.5, 0.6) is 0 Å². The molecule has 1 heterocycles. The summed E-state index contributed by atoms with van der Waals surface area (Å²) in [6.07, 6.45) is -0.307. The van der Waals surface area contributed by atoms with Crippen molar-refractivity contribution in [1.82, 2.24) is 0 Å². The molecule has 1 aliphatic rings. The quantitative estimate of drug-likeness (QED) is 0.387. The topological polar surface area (TPSA) is 69.4 Å². The molecular weight excluding hydrogens is 186 g/mol. The molecule has 0 fully saturated rings. The van der Waals surface area contributed by atoms with Gasteiger partial charge in [0, 0.05) is 17.7 Å². The highest BCUT2D eigenvalue weighted by Crippen LogP contribution is 2.32. The lowest BCUT2D eigenvalue weighted by Gasteiger charge is -2.00. The van der Waals surface area contributed by atoms with Gasteiger partial charge in [-0.25, -0.2) is 4.79 Å². The number of cyclic esters (lactones) is 1. The van der Waals surface area contributed by atoms with Gasteiger partial charge in [-0.3, -0.25) is 10.1 Å². The van der Waals surface area contributed by atoms with Crippen molar-refractivity contribution in [3.8, 4) is 0 Å². The van der Waals surface area contributed by atoms with E-state index in [0.717, 1.165) is 0 Å². The number of non-ortho nitro benzene ring substituents is 1. The summed E-state index contributed by atoms with van der Waals surface area (Å²) in [5.41, 5.74) is 0.919. The summed E-state index contributed by atoms with van der Waals surface area (Å²) in [5, 5.41) is 10.4. The molecule has 0 unspecified atom stereocenters. The van der Waals surface area contributed by atoms with Crippen molar-refractivity contribution in [3.05, 3.63) is 39.4 Å². The SMILES string of the molecule is C[C@@H]1OC(=O)c2cc([N+](=O)[O-])ccc21. The van der Waals surface area contributed by atoms with Crippen molar-refractivity contribution in [2.45, 2.75) is 13.0 Å². The second-order valence-electron chi connectivity index (χ2n) is 3.08. The molecule has 0 aromatic heterocycles. The van der Waals surface area contributed by atoms with Crippen LogP contribution < -0.4 is 0 Å². The van der Waals surface area contributed by atoms with Gasteiger partial charge in [0.05, 0.1) is 10.5 Å². The van der Waals surface area contributed by atoms with E-state index in [-0.39, 0.29) is 11.8 Å². The predicted octanol–water partition coefficient (Wildman–Crippen LogP) is 1.83. The maximum atomic E-state index is 11.2. The minimum absolute atomic E-state index is 0.0881.